The molecular weight excluding hydrogens is 346 g/mol. The number of halogens is 2. The Kier molecular flexibility index (Phi) is 10.4. The first-order valence-electron chi connectivity index (χ1n) is 8.37. The summed E-state index contributed by atoms with van der Waals surface area (Å²) in [5.41, 5.74) is 1.29. The van der Waals surface area contributed by atoms with Crippen molar-refractivity contribution in [3.05, 3.63) is 33.3 Å². The Hall–Kier alpha value is -0.0500. The first-order chi connectivity index (χ1) is 10.2. The highest BCUT2D eigenvalue weighted by atomic mass is 79.9. The van der Waals surface area contributed by atoms with Gasteiger partial charge >= 0.3 is 0 Å². The molecule has 21 heavy (non-hydrogen) atoms. The van der Waals surface area contributed by atoms with Gasteiger partial charge in [0.25, 0.3) is 0 Å². The molecule has 0 spiro atoms. The van der Waals surface area contributed by atoms with Gasteiger partial charge in [-0.2, -0.15) is 0 Å². The molecule has 0 aliphatic carbocycles. The van der Waals surface area contributed by atoms with Crippen LogP contribution in [0.25, 0.3) is 0 Å². The molecule has 1 N–H and O–H groups in total. The molecule has 1 aromatic rings. The van der Waals surface area contributed by atoms with Gasteiger partial charge in [-0.15, -0.1) is 0 Å². The van der Waals surface area contributed by atoms with Crippen LogP contribution in [-0.2, 0) is 0 Å². The predicted octanol–water partition coefficient (Wildman–Crippen LogP) is 6.89. The van der Waals surface area contributed by atoms with Gasteiger partial charge in [0.2, 0.25) is 0 Å². The van der Waals surface area contributed by atoms with Gasteiger partial charge in [0.05, 0.1) is 0 Å². The van der Waals surface area contributed by atoms with Crippen LogP contribution in [0.2, 0.25) is 5.02 Å². The van der Waals surface area contributed by atoms with Gasteiger partial charge in [-0.1, -0.05) is 86.3 Å². The third-order valence-corrected chi connectivity index (χ3v) is 4.84. The number of rotatable bonds is 11. The maximum absolute atomic E-state index is 6.14. The molecule has 1 unspecified atom stereocenters. The first-order valence-corrected chi connectivity index (χ1v) is 9.54. The summed E-state index contributed by atoms with van der Waals surface area (Å²) in [6.07, 6.45) is 10.7. The maximum atomic E-state index is 6.14. The second kappa shape index (κ2) is 11.5. The number of benzene rings is 1. The third-order valence-electron chi connectivity index (χ3n) is 3.88. The smallest absolute Gasteiger partial charge is 0.0410 e. The molecule has 1 rings (SSSR count). The van der Waals surface area contributed by atoms with Crippen LogP contribution >= 0.6 is 27.5 Å². The fourth-order valence-electron chi connectivity index (χ4n) is 2.70. The summed E-state index contributed by atoms with van der Waals surface area (Å²) < 4.78 is 1.15. The minimum atomic E-state index is 0.402. The van der Waals surface area contributed by atoms with E-state index in [1.807, 2.05) is 12.1 Å². The molecule has 0 amide bonds. The van der Waals surface area contributed by atoms with Crippen LogP contribution in [0.3, 0.4) is 0 Å². The van der Waals surface area contributed by atoms with Crippen molar-refractivity contribution in [2.24, 2.45) is 0 Å². The molecule has 0 heterocycles. The summed E-state index contributed by atoms with van der Waals surface area (Å²) in [5.74, 6) is 0. The molecule has 3 heteroatoms. The van der Waals surface area contributed by atoms with E-state index in [0.717, 1.165) is 16.0 Å². The van der Waals surface area contributed by atoms with Gasteiger partial charge in [-0.25, -0.2) is 0 Å². The van der Waals surface area contributed by atoms with Crippen molar-refractivity contribution >= 4 is 27.5 Å². The quantitative estimate of drug-likeness (QED) is 0.416. The first kappa shape index (κ1) is 19.0. The zero-order valence-electron chi connectivity index (χ0n) is 13.4. The van der Waals surface area contributed by atoms with E-state index in [0.29, 0.717) is 6.04 Å². The van der Waals surface area contributed by atoms with Crippen molar-refractivity contribution in [1.29, 1.82) is 0 Å². The summed E-state index contributed by atoms with van der Waals surface area (Å²) in [4.78, 5) is 0. The lowest BCUT2D eigenvalue weighted by Gasteiger charge is -2.20. The highest BCUT2D eigenvalue weighted by Gasteiger charge is 2.13. The molecule has 0 aromatic heterocycles. The van der Waals surface area contributed by atoms with Gasteiger partial charge < -0.3 is 5.32 Å². The monoisotopic (exact) mass is 373 g/mol. The Morgan fingerprint density at radius 3 is 2.38 bits per heavy atom. The van der Waals surface area contributed by atoms with E-state index < -0.39 is 0 Å². The van der Waals surface area contributed by atoms with Crippen LogP contribution in [0.4, 0.5) is 0 Å². The van der Waals surface area contributed by atoms with E-state index in [-0.39, 0.29) is 0 Å². The predicted molar refractivity (Wildman–Crippen MR) is 98.2 cm³/mol. The van der Waals surface area contributed by atoms with Crippen molar-refractivity contribution in [1.82, 2.24) is 5.32 Å². The average molecular weight is 375 g/mol. The number of nitrogens with one attached hydrogen (secondary N) is 1. The van der Waals surface area contributed by atoms with Crippen molar-refractivity contribution in [3.63, 3.8) is 0 Å². The molecule has 1 nitrogen and oxygen atoms in total. The van der Waals surface area contributed by atoms with Crippen LogP contribution in [0.1, 0.15) is 76.8 Å². The fraction of sp³-hybridized carbons (Fsp3) is 0.667. The fourth-order valence-corrected chi connectivity index (χ4v) is 3.40. The number of unbranched alkanes of at least 4 members (excludes halogenated alkanes) is 6. The Morgan fingerprint density at radius 1 is 1.05 bits per heavy atom. The van der Waals surface area contributed by atoms with Gasteiger partial charge in [-0.3, -0.25) is 0 Å². The van der Waals surface area contributed by atoms with Gasteiger partial charge in [-0.05, 0) is 36.7 Å². The lowest BCUT2D eigenvalue weighted by atomic mass is 9.99. The van der Waals surface area contributed by atoms with Crippen molar-refractivity contribution in [2.75, 3.05) is 6.54 Å². The third kappa shape index (κ3) is 7.67. The summed E-state index contributed by atoms with van der Waals surface area (Å²) in [6.45, 7) is 5.42. The van der Waals surface area contributed by atoms with Crippen LogP contribution in [0, 0.1) is 0 Å². The maximum Gasteiger partial charge on any atom is 0.0410 e. The Balaban J connectivity index is 2.41. The van der Waals surface area contributed by atoms with Crippen LogP contribution in [0.5, 0.6) is 0 Å². The second-order valence-corrected chi connectivity index (χ2v) is 6.98. The van der Waals surface area contributed by atoms with E-state index in [4.69, 9.17) is 11.6 Å². The molecule has 120 valence electrons. The lowest BCUT2D eigenvalue weighted by Crippen LogP contribution is -2.21. The zero-order chi connectivity index (χ0) is 15.5. The summed E-state index contributed by atoms with van der Waals surface area (Å²) in [5, 5.41) is 4.40. The minimum absolute atomic E-state index is 0.402. The van der Waals surface area contributed by atoms with Crippen LogP contribution < -0.4 is 5.32 Å². The SMILES string of the molecule is CCCCCCCCCC(NCC)c1cc(Cl)ccc1Br. The lowest BCUT2D eigenvalue weighted by molar-refractivity contribution is 0.474. The second-order valence-electron chi connectivity index (χ2n) is 5.69. The molecule has 0 saturated heterocycles. The molecule has 0 aliphatic rings. The molecule has 0 saturated carbocycles. The van der Waals surface area contributed by atoms with E-state index >= 15 is 0 Å². The summed E-state index contributed by atoms with van der Waals surface area (Å²) in [6, 6.07) is 6.47. The van der Waals surface area contributed by atoms with Crippen molar-refractivity contribution < 1.29 is 0 Å². The average Bonchev–Trinajstić information content (AvgIpc) is 2.48. The number of hydrogen-bond acceptors (Lipinski definition) is 1. The highest BCUT2D eigenvalue weighted by molar-refractivity contribution is 9.10. The Morgan fingerprint density at radius 2 is 1.71 bits per heavy atom. The van der Waals surface area contributed by atoms with E-state index in [1.54, 1.807) is 0 Å². The van der Waals surface area contributed by atoms with Gasteiger partial charge in [0.15, 0.2) is 0 Å². The van der Waals surface area contributed by atoms with E-state index in [2.05, 4.69) is 41.2 Å². The topological polar surface area (TPSA) is 12.0 Å². The molecular formula is C18H29BrClN. The molecule has 0 bridgehead atoms. The van der Waals surface area contributed by atoms with E-state index in [9.17, 15) is 0 Å². The minimum Gasteiger partial charge on any atom is -0.310 e. The Labute approximate surface area is 144 Å². The summed E-state index contributed by atoms with van der Waals surface area (Å²) >= 11 is 9.80. The molecule has 0 aliphatic heterocycles. The van der Waals surface area contributed by atoms with Crippen molar-refractivity contribution in [3.8, 4) is 0 Å². The van der Waals surface area contributed by atoms with Crippen LogP contribution in [0.15, 0.2) is 22.7 Å². The zero-order valence-corrected chi connectivity index (χ0v) is 15.8. The molecule has 0 fully saturated rings. The number of hydrogen-bond donors (Lipinski definition) is 1. The Bertz CT molecular complexity index is 395. The van der Waals surface area contributed by atoms with Crippen LogP contribution in [-0.4, -0.2) is 6.54 Å². The van der Waals surface area contributed by atoms with Gasteiger partial charge in [0.1, 0.15) is 0 Å². The van der Waals surface area contributed by atoms with Crippen molar-refractivity contribution in [2.45, 2.75) is 71.3 Å². The highest BCUT2D eigenvalue weighted by Crippen LogP contribution is 2.30. The normalized spacial score (nSPS) is 12.6. The van der Waals surface area contributed by atoms with E-state index in [1.165, 1.54) is 56.9 Å². The molecule has 0 radical (unpaired) electrons. The largest absolute Gasteiger partial charge is 0.310 e. The van der Waals surface area contributed by atoms with Gasteiger partial charge in [0, 0.05) is 15.5 Å². The molecule has 1 atom stereocenters. The molecule has 1 aromatic carbocycles. The standard InChI is InChI=1S/C18H29BrClN/c1-3-5-6-7-8-9-10-11-18(21-4-2)16-14-15(20)12-13-17(16)19/h12-14,18,21H,3-11H2,1-2H3. The summed E-state index contributed by atoms with van der Waals surface area (Å²) in [7, 11) is 0.